The molecule has 2 aliphatic rings. The third kappa shape index (κ3) is 2.36. The second kappa shape index (κ2) is 5.85. The number of likely N-dealkylation sites (tertiary alicyclic amines) is 1. The Morgan fingerprint density at radius 2 is 2.14 bits per heavy atom. The number of rotatable bonds is 3. The van der Waals surface area contributed by atoms with Gasteiger partial charge in [-0.1, -0.05) is 0 Å². The highest BCUT2D eigenvalue weighted by molar-refractivity contribution is 5.94. The SMILES string of the molecule is COc1cc(C(=O)N2CCC3(CC2)[C@@H](O)C[C@H]3OC)ccn1. The molecule has 1 aromatic rings. The van der Waals surface area contributed by atoms with Crippen molar-refractivity contribution in [2.45, 2.75) is 31.5 Å². The average Bonchev–Trinajstić information content (AvgIpc) is 2.59. The molecule has 6 heteroatoms. The maximum Gasteiger partial charge on any atom is 0.254 e. The first kappa shape index (κ1) is 15.2. The van der Waals surface area contributed by atoms with Crippen LogP contribution in [0.4, 0.5) is 0 Å². The van der Waals surface area contributed by atoms with Crippen LogP contribution in [0.1, 0.15) is 29.6 Å². The monoisotopic (exact) mass is 306 g/mol. The number of aliphatic hydroxyl groups excluding tert-OH is 1. The Balaban J connectivity index is 1.67. The molecule has 2 atom stereocenters. The molecule has 6 nitrogen and oxygen atoms in total. The van der Waals surface area contributed by atoms with Crippen molar-refractivity contribution >= 4 is 5.91 Å². The van der Waals surface area contributed by atoms with E-state index < -0.39 is 0 Å². The lowest BCUT2D eigenvalue weighted by Gasteiger charge is -2.56. The fourth-order valence-corrected chi connectivity index (χ4v) is 3.68. The largest absolute Gasteiger partial charge is 0.481 e. The van der Waals surface area contributed by atoms with E-state index >= 15 is 0 Å². The third-order valence-corrected chi connectivity index (χ3v) is 5.20. The Labute approximate surface area is 130 Å². The zero-order valence-electron chi connectivity index (χ0n) is 13.0. The van der Waals surface area contributed by atoms with E-state index in [1.807, 2.05) is 4.90 Å². The van der Waals surface area contributed by atoms with Crippen LogP contribution in [0.5, 0.6) is 5.88 Å². The summed E-state index contributed by atoms with van der Waals surface area (Å²) < 4.78 is 10.5. The van der Waals surface area contributed by atoms with Gasteiger partial charge in [-0.05, 0) is 18.9 Å². The first-order chi connectivity index (χ1) is 10.6. The van der Waals surface area contributed by atoms with Crippen LogP contribution < -0.4 is 4.74 Å². The van der Waals surface area contributed by atoms with Gasteiger partial charge in [-0.15, -0.1) is 0 Å². The van der Waals surface area contributed by atoms with Crippen LogP contribution >= 0.6 is 0 Å². The number of pyridine rings is 1. The summed E-state index contributed by atoms with van der Waals surface area (Å²) in [6, 6.07) is 3.36. The molecule has 22 heavy (non-hydrogen) atoms. The molecular weight excluding hydrogens is 284 g/mol. The molecule has 3 rings (SSSR count). The van der Waals surface area contributed by atoms with E-state index in [1.165, 1.54) is 7.11 Å². The molecule has 1 amide bonds. The standard InChI is InChI=1S/C16H22N2O4/c1-21-13-10-12(19)16(13)4-7-18(8-5-16)15(20)11-3-6-17-14(9-11)22-2/h3,6,9,12-13,19H,4-5,7-8,10H2,1-2H3/t12-,13+/m0/s1. The molecule has 1 aliphatic carbocycles. The topological polar surface area (TPSA) is 71.9 Å². The number of hydrogen-bond acceptors (Lipinski definition) is 5. The smallest absolute Gasteiger partial charge is 0.254 e. The number of amides is 1. The molecule has 2 heterocycles. The summed E-state index contributed by atoms with van der Waals surface area (Å²) in [5, 5.41) is 10.1. The van der Waals surface area contributed by atoms with Crippen molar-refractivity contribution in [3.63, 3.8) is 0 Å². The third-order valence-electron chi connectivity index (χ3n) is 5.20. The van der Waals surface area contributed by atoms with Gasteiger partial charge in [0.15, 0.2) is 0 Å². The van der Waals surface area contributed by atoms with Crippen molar-refractivity contribution in [3.8, 4) is 5.88 Å². The number of ether oxygens (including phenoxy) is 2. The Morgan fingerprint density at radius 1 is 1.41 bits per heavy atom. The minimum atomic E-state index is -0.310. The van der Waals surface area contributed by atoms with Crippen molar-refractivity contribution < 1.29 is 19.4 Å². The number of nitrogens with zero attached hydrogens (tertiary/aromatic N) is 2. The molecule has 1 N–H and O–H groups in total. The summed E-state index contributed by atoms with van der Waals surface area (Å²) in [6.45, 7) is 1.28. The Hall–Kier alpha value is -1.66. The van der Waals surface area contributed by atoms with Crippen LogP contribution in [0.25, 0.3) is 0 Å². The molecule has 1 saturated carbocycles. The predicted octanol–water partition coefficient (Wildman–Crippen LogP) is 1.09. The summed E-state index contributed by atoms with van der Waals surface area (Å²) in [5.41, 5.74) is 0.418. The van der Waals surface area contributed by atoms with Crippen LogP contribution in [0, 0.1) is 5.41 Å². The van der Waals surface area contributed by atoms with Gasteiger partial charge in [0.05, 0.1) is 19.3 Å². The number of methoxy groups -OCH3 is 2. The summed E-state index contributed by atoms with van der Waals surface area (Å²) >= 11 is 0. The quantitative estimate of drug-likeness (QED) is 0.905. The first-order valence-electron chi connectivity index (χ1n) is 7.61. The highest BCUT2D eigenvalue weighted by atomic mass is 16.5. The predicted molar refractivity (Wildman–Crippen MR) is 79.8 cm³/mol. The lowest BCUT2D eigenvalue weighted by Crippen LogP contribution is -2.62. The van der Waals surface area contributed by atoms with Gasteiger partial charge in [-0.3, -0.25) is 4.79 Å². The molecule has 0 radical (unpaired) electrons. The van der Waals surface area contributed by atoms with Crippen LogP contribution in [-0.4, -0.2) is 60.4 Å². The molecule has 0 unspecified atom stereocenters. The normalized spacial score (nSPS) is 26.6. The van der Waals surface area contributed by atoms with Gasteiger partial charge in [0.2, 0.25) is 5.88 Å². The minimum Gasteiger partial charge on any atom is -0.481 e. The van der Waals surface area contributed by atoms with E-state index in [-0.39, 0.29) is 23.5 Å². The second-order valence-electron chi connectivity index (χ2n) is 6.09. The molecule has 2 fully saturated rings. The molecular formula is C16H22N2O4. The van der Waals surface area contributed by atoms with Gasteiger partial charge in [0.1, 0.15) is 0 Å². The Kier molecular flexibility index (Phi) is 4.06. The van der Waals surface area contributed by atoms with Crippen LogP contribution in [0.15, 0.2) is 18.3 Å². The van der Waals surface area contributed by atoms with Gasteiger partial charge < -0.3 is 19.5 Å². The van der Waals surface area contributed by atoms with Crippen molar-refractivity contribution in [2.75, 3.05) is 27.3 Å². The van der Waals surface area contributed by atoms with E-state index in [4.69, 9.17) is 9.47 Å². The Morgan fingerprint density at radius 3 is 2.73 bits per heavy atom. The minimum absolute atomic E-state index is 0.0154. The van der Waals surface area contributed by atoms with E-state index in [2.05, 4.69) is 4.98 Å². The van der Waals surface area contributed by atoms with Crippen LogP contribution in [0.3, 0.4) is 0 Å². The summed E-state index contributed by atoms with van der Waals surface area (Å²) in [4.78, 5) is 18.4. The van der Waals surface area contributed by atoms with Crippen molar-refractivity contribution in [2.24, 2.45) is 5.41 Å². The highest BCUT2D eigenvalue weighted by Crippen LogP contribution is 2.50. The second-order valence-corrected chi connectivity index (χ2v) is 6.09. The van der Waals surface area contributed by atoms with E-state index in [9.17, 15) is 9.90 Å². The van der Waals surface area contributed by atoms with Gasteiger partial charge in [0, 0.05) is 49.9 Å². The van der Waals surface area contributed by atoms with Crippen molar-refractivity contribution in [1.82, 2.24) is 9.88 Å². The van der Waals surface area contributed by atoms with Gasteiger partial charge >= 0.3 is 0 Å². The molecule has 1 spiro atoms. The number of aromatic nitrogens is 1. The fourth-order valence-electron chi connectivity index (χ4n) is 3.68. The molecule has 1 saturated heterocycles. The molecule has 1 aromatic heterocycles. The zero-order chi connectivity index (χ0) is 15.7. The summed E-state index contributed by atoms with van der Waals surface area (Å²) in [7, 11) is 3.23. The lowest BCUT2D eigenvalue weighted by atomic mass is 9.58. The number of carbonyl (C=O) groups is 1. The maximum atomic E-state index is 12.6. The van der Waals surface area contributed by atoms with E-state index in [0.29, 0.717) is 31.0 Å². The average molecular weight is 306 g/mol. The molecule has 0 bridgehead atoms. The first-order valence-corrected chi connectivity index (χ1v) is 7.61. The molecule has 120 valence electrons. The maximum absolute atomic E-state index is 12.6. The Bertz CT molecular complexity index is 555. The highest BCUT2D eigenvalue weighted by Gasteiger charge is 2.56. The van der Waals surface area contributed by atoms with Crippen LogP contribution in [0.2, 0.25) is 0 Å². The number of hydrogen-bond donors (Lipinski definition) is 1. The van der Waals surface area contributed by atoms with Crippen molar-refractivity contribution in [1.29, 1.82) is 0 Å². The van der Waals surface area contributed by atoms with Gasteiger partial charge in [-0.2, -0.15) is 0 Å². The molecule has 0 aromatic carbocycles. The zero-order valence-corrected chi connectivity index (χ0v) is 13.0. The molecule has 1 aliphatic heterocycles. The van der Waals surface area contributed by atoms with Gasteiger partial charge in [-0.25, -0.2) is 4.98 Å². The van der Waals surface area contributed by atoms with Crippen molar-refractivity contribution in [3.05, 3.63) is 23.9 Å². The fraction of sp³-hybridized carbons (Fsp3) is 0.625. The van der Waals surface area contributed by atoms with Gasteiger partial charge in [0.25, 0.3) is 5.91 Å². The summed E-state index contributed by atoms with van der Waals surface area (Å²) in [5.74, 6) is 0.423. The number of carbonyl (C=O) groups excluding carboxylic acids is 1. The van der Waals surface area contributed by atoms with E-state index in [1.54, 1.807) is 25.4 Å². The number of piperidine rings is 1. The summed E-state index contributed by atoms with van der Waals surface area (Å²) in [6.07, 6.45) is 3.64. The lowest BCUT2D eigenvalue weighted by molar-refractivity contribution is -0.199. The number of aliphatic hydroxyl groups is 1. The van der Waals surface area contributed by atoms with E-state index in [0.717, 1.165) is 12.8 Å². The van der Waals surface area contributed by atoms with Crippen LogP contribution in [-0.2, 0) is 4.74 Å².